The van der Waals surface area contributed by atoms with E-state index >= 15 is 0 Å². The summed E-state index contributed by atoms with van der Waals surface area (Å²) in [6.45, 7) is 0. The zero-order valence-electron chi connectivity index (χ0n) is 10.5. The number of benzene rings is 1. The number of rotatable bonds is 4. The van der Waals surface area contributed by atoms with Crippen molar-refractivity contribution in [3.8, 4) is 0 Å². The van der Waals surface area contributed by atoms with Gasteiger partial charge in [-0.2, -0.15) is 0 Å². The van der Waals surface area contributed by atoms with Crippen molar-refractivity contribution in [1.29, 1.82) is 0 Å². The van der Waals surface area contributed by atoms with Crippen LogP contribution in [0.2, 0.25) is 5.02 Å². The van der Waals surface area contributed by atoms with Gasteiger partial charge < -0.3 is 4.74 Å². The molecule has 0 aliphatic rings. The maximum absolute atomic E-state index is 12.3. The maximum Gasteiger partial charge on any atom is 0.310 e. The molecule has 2 aromatic rings. The minimum Gasteiger partial charge on any atom is -0.469 e. The monoisotopic (exact) mass is 372 g/mol. The number of ketones is 1. The number of carbonyl (C=O) groups is 2. The normalized spacial score (nSPS) is 10.3. The Morgan fingerprint density at radius 2 is 2.05 bits per heavy atom. The lowest BCUT2D eigenvalue weighted by molar-refractivity contribution is -0.139. The van der Waals surface area contributed by atoms with Gasteiger partial charge in [0.05, 0.1) is 23.4 Å². The highest BCUT2D eigenvalue weighted by molar-refractivity contribution is 9.10. The Balaban J connectivity index is 2.21. The number of carbonyl (C=O) groups excluding carboxylic acids is 2. The Hall–Kier alpha value is -1.17. The fourth-order valence-electron chi connectivity index (χ4n) is 1.59. The summed E-state index contributed by atoms with van der Waals surface area (Å²) in [6.07, 6.45) is 0.179. The quantitative estimate of drug-likeness (QED) is 0.598. The lowest BCUT2D eigenvalue weighted by atomic mass is 10.1. The van der Waals surface area contributed by atoms with Gasteiger partial charge in [0, 0.05) is 14.9 Å². The summed E-state index contributed by atoms with van der Waals surface area (Å²) >= 11 is 10.5. The van der Waals surface area contributed by atoms with Crippen LogP contribution < -0.4 is 0 Å². The molecule has 0 aliphatic carbocycles. The van der Waals surface area contributed by atoms with Crippen LogP contribution in [0.5, 0.6) is 0 Å². The first-order valence-corrected chi connectivity index (χ1v) is 7.65. The summed E-state index contributed by atoms with van der Waals surface area (Å²) in [7, 11) is 1.34. The van der Waals surface area contributed by atoms with E-state index in [-0.39, 0.29) is 18.2 Å². The fourth-order valence-corrected chi connectivity index (χ4v) is 3.04. The highest BCUT2D eigenvalue weighted by atomic mass is 79.9. The molecule has 0 aliphatic heterocycles. The van der Waals surface area contributed by atoms with Gasteiger partial charge in [0.25, 0.3) is 0 Å². The molecular formula is C14H10BrClO3S. The average Bonchev–Trinajstić information content (AvgIpc) is 2.89. The summed E-state index contributed by atoms with van der Waals surface area (Å²) < 4.78 is 5.28. The van der Waals surface area contributed by atoms with Crippen LogP contribution in [0, 0.1) is 0 Å². The van der Waals surface area contributed by atoms with Crippen LogP contribution in [0.25, 0.3) is 0 Å². The Labute approximate surface area is 133 Å². The topological polar surface area (TPSA) is 43.4 Å². The molecule has 104 valence electrons. The maximum atomic E-state index is 12.3. The van der Waals surface area contributed by atoms with E-state index in [1.807, 2.05) is 0 Å². The molecule has 0 unspecified atom stereocenters. The number of hydrogen-bond donors (Lipinski definition) is 0. The molecule has 0 bridgehead atoms. The summed E-state index contributed by atoms with van der Waals surface area (Å²) in [6, 6.07) is 8.51. The van der Waals surface area contributed by atoms with E-state index in [1.54, 1.807) is 30.3 Å². The SMILES string of the molecule is COC(=O)Cc1ccc(C(=O)c2ccc(Cl)c(Br)c2)s1. The van der Waals surface area contributed by atoms with Crippen LogP contribution in [0.1, 0.15) is 20.1 Å². The predicted molar refractivity (Wildman–Crippen MR) is 82.6 cm³/mol. The molecule has 2 rings (SSSR count). The van der Waals surface area contributed by atoms with Crippen LogP contribution in [0.3, 0.4) is 0 Å². The van der Waals surface area contributed by atoms with Gasteiger partial charge in [-0.1, -0.05) is 11.6 Å². The third-order valence-electron chi connectivity index (χ3n) is 2.61. The standard InChI is InChI=1S/C14H10BrClO3S/c1-19-13(17)7-9-3-5-12(20-9)14(18)8-2-4-11(16)10(15)6-8/h2-6H,7H2,1H3. The van der Waals surface area contributed by atoms with Crippen molar-refractivity contribution in [2.75, 3.05) is 7.11 Å². The molecule has 1 aromatic carbocycles. The number of ether oxygens (including phenoxy) is 1. The molecule has 0 amide bonds. The highest BCUT2D eigenvalue weighted by Gasteiger charge is 2.14. The van der Waals surface area contributed by atoms with Gasteiger partial charge in [0.2, 0.25) is 5.78 Å². The number of esters is 1. The minimum absolute atomic E-state index is 0.0940. The first-order chi connectivity index (χ1) is 9.51. The molecule has 0 spiro atoms. The molecule has 0 saturated heterocycles. The predicted octanol–water partition coefficient (Wildman–Crippen LogP) is 4.11. The van der Waals surface area contributed by atoms with Crippen molar-refractivity contribution in [2.24, 2.45) is 0 Å². The van der Waals surface area contributed by atoms with Gasteiger partial charge in [-0.25, -0.2) is 0 Å². The highest BCUT2D eigenvalue weighted by Crippen LogP contribution is 2.26. The van der Waals surface area contributed by atoms with Crippen molar-refractivity contribution in [3.05, 3.63) is 55.1 Å². The lowest BCUT2D eigenvalue weighted by Crippen LogP contribution is -2.02. The molecule has 0 radical (unpaired) electrons. The molecule has 20 heavy (non-hydrogen) atoms. The number of halogens is 2. The van der Waals surface area contributed by atoms with Gasteiger partial charge >= 0.3 is 5.97 Å². The molecule has 1 aromatic heterocycles. The second-order valence-electron chi connectivity index (χ2n) is 3.98. The number of hydrogen-bond acceptors (Lipinski definition) is 4. The minimum atomic E-state index is -0.319. The third kappa shape index (κ3) is 3.48. The van der Waals surface area contributed by atoms with Crippen LogP contribution in [-0.2, 0) is 16.0 Å². The van der Waals surface area contributed by atoms with Gasteiger partial charge in [-0.15, -0.1) is 11.3 Å². The zero-order chi connectivity index (χ0) is 14.7. The Morgan fingerprint density at radius 1 is 1.30 bits per heavy atom. The Morgan fingerprint density at radius 3 is 2.70 bits per heavy atom. The first kappa shape index (κ1) is 15.2. The zero-order valence-corrected chi connectivity index (χ0v) is 13.6. The van der Waals surface area contributed by atoms with Crippen molar-refractivity contribution in [1.82, 2.24) is 0 Å². The van der Waals surface area contributed by atoms with Crippen LogP contribution >= 0.6 is 38.9 Å². The summed E-state index contributed by atoms with van der Waals surface area (Å²) in [5.74, 6) is -0.413. The Kier molecular flexibility index (Phi) is 4.96. The van der Waals surface area contributed by atoms with E-state index in [1.165, 1.54) is 18.4 Å². The van der Waals surface area contributed by atoms with E-state index in [4.69, 9.17) is 11.6 Å². The third-order valence-corrected chi connectivity index (χ3v) is 4.91. The molecule has 6 heteroatoms. The van der Waals surface area contributed by atoms with E-state index in [0.717, 1.165) is 4.88 Å². The average molecular weight is 374 g/mol. The van der Waals surface area contributed by atoms with E-state index < -0.39 is 0 Å². The first-order valence-electron chi connectivity index (χ1n) is 5.66. The van der Waals surface area contributed by atoms with Crippen LogP contribution in [0.4, 0.5) is 0 Å². The van der Waals surface area contributed by atoms with Gasteiger partial charge in [0.1, 0.15) is 0 Å². The molecule has 1 heterocycles. The van der Waals surface area contributed by atoms with Crippen molar-refractivity contribution in [3.63, 3.8) is 0 Å². The largest absolute Gasteiger partial charge is 0.469 e. The second-order valence-corrected chi connectivity index (χ2v) is 6.41. The second kappa shape index (κ2) is 6.52. The van der Waals surface area contributed by atoms with Crippen molar-refractivity contribution < 1.29 is 14.3 Å². The van der Waals surface area contributed by atoms with Crippen LogP contribution in [-0.4, -0.2) is 18.9 Å². The van der Waals surface area contributed by atoms with Crippen molar-refractivity contribution >= 4 is 50.6 Å². The molecule has 3 nitrogen and oxygen atoms in total. The molecule has 0 saturated carbocycles. The van der Waals surface area contributed by atoms with Gasteiger partial charge in [0.15, 0.2) is 0 Å². The van der Waals surface area contributed by atoms with Crippen LogP contribution in [0.15, 0.2) is 34.8 Å². The molecule has 0 atom stereocenters. The molecular weight excluding hydrogens is 364 g/mol. The van der Waals surface area contributed by atoms with E-state index in [2.05, 4.69) is 20.7 Å². The van der Waals surface area contributed by atoms with E-state index in [9.17, 15) is 9.59 Å². The number of methoxy groups -OCH3 is 1. The lowest BCUT2D eigenvalue weighted by Gasteiger charge is -2.01. The van der Waals surface area contributed by atoms with Crippen molar-refractivity contribution in [2.45, 2.75) is 6.42 Å². The fraction of sp³-hybridized carbons (Fsp3) is 0.143. The summed E-state index contributed by atoms with van der Waals surface area (Å²) in [5.41, 5.74) is 0.549. The number of thiophene rings is 1. The van der Waals surface area contributed by atoms with E-state index in [0.29, 0.717) is 19.9 Å². The Bertz CT molecular complexity index is 666. The van der Waals surface area contributed by atoms with Gasteiger partial charge in [-0.3, -0.25) is 9.59 Å². The molecule has 0 N–H and O–H groups in total. The summed E-state index contributed by atoms with van der Waals surface area (Å²) in [4.78, 5) is 24.9. The smallest absolute Gasteiger partial charge is 0.310 e. The summed E-state index contributed by atoms with van der Waals surface area (Å²) in [5, 5.41) is 0.555. The molecule has 0 fully saturated rings. The van der Waals surface area contributed by atoms with Gasteiger partial charge in [-0.05, 0) is 46.3 Å².